The van der Waals surface area contributed by atoms with Crippen LogP contribution < -0.4 is 10.1 Å². The average molecular weight is 285 g/mol. The number of rotatable bonds is 4. The van der Waals surface area contributed by atoms with Crippen molar-refractivity contribution in [2.24, 2.45) is 0 Å². The Kier molecular flexibility index (Phi) is 6.63. The maximum absolute atomic E-state index is 5.66. The lowest BCUT2D eigenvalue weighted by Crippen LogP contribution is -2.49. The van der Waals surface area contributed by atoms with Gasteiger partial charge in [0.2, 0.25) is 0 Å². The first-order valence-corrected chi connectivity index (χ1v) is 6.85. The molecule has 3 nitrogen and oxygen atoms in total. The maximum atomic E-state index is 5.66. The van der Waals surface area contributed by atoms with E-state index in [0.29, 0.717) is 6.04 Å². The Morgan fingerprint density at radius 1 is 1.32 bits per heavy atom. The lowest BCUT2D eigenvalue weighted by atomic mass is 10.1. The SMILES string of the molecule is CC(C)Oc1ccc(CN2CCNC[C@H]2C)cc1.Cl. The van der Waals surface area contributed by atoms with Crippen LogP contribution in [0.5, 0.6) is 5.75 Å². The fraction of sp³-hybridized carbons (Fsp3) is 0.600. The average Bonchev–Trinajstić information content (AvgIpc) is 2.34. The first-order valence-electron chi connectivity index (χ1n) is 6.85. The van der Waals surface area contributed by atoms with Crippen molar-refractivity contribution in [3.8, 4) is 5.75 Å². The summed E-state index contributed by atoms with van der Waals surface area (Å²) in [7, 11) is 0. The summed E-state index contributed by atoms with van der Waals surface area (Å²) in [6, 6.07) is 9.11. The van der Waals surface area contributed by atoms with Crippen molar-refractivity contribution in [1.29, 1.82) is 0 Å². The molecule has 1 aromatic carbocycles. The number of benzene rings is 1. The lowest BCUT2D eigenvalue weighted by molar-refractivity contribution is 0.165. The van der Waals surface area contributed by atoms with E-state index >= 15 is 0 Å². The van der Waals surface area contributed by atoms with E-state index < -0.39 is 0 Å². The predicted octanol–water partition coefficient (Wildman–Crippen LogP) is 2.69. The van der Waals surface area contributed by atoms with Crippen LogP contribution in [-0.4, -0.2) is 36.7 Å². The summed E-state index contributed by atoms with van der Waals surface area (Å²) in [6.45, 7) is 10.7. The number of nitrogens with one attached hydrogen (secondary N) is 1. The summed E-state index contributed by atoms with van der Waals surface area (Å²) in [6.07, 6.45) is 0.240. The van der Waals surface area contributed by atoms with E-state index in [2.05, 4.69) is 55.3 Å². The van der Waals surface area contributed by atoms with Crippen LogP contribution in [0.1, 0.15) is 26.3 Å². The summed E-state index contributed by atoms with van der Waals surface area (Å²) < 4.78 is 5.66. The number of hydrogen-bond acceptors (Lipinski definition) is 3. The fourth-order valence-electron chi connectivity index (χ4n) is 2.30. The van der Waals surface area contributed by atoms with Gasteiger partial charge < -0.3 is 10.1 Å². The molecule has 19 heavy (non-hydrogen) atoms. The largest absolute Gasteiger partial charge is 0.491 e. The molecule has 1 aliphatic heterocycles. The van der Waals surface area contributed by atoms with Crippen LogP contribution in [0.2, 0.25) is 0 Å². The van der Waals surface area contributed by atoms with Gasteiger partial charge in [0.25, 0.3) is 0 Å². The van der Waals surface area contributed by atoms with Crippen molar-refractivity contribution >= 4 is 12.4 Å². The molecule has 4 heteroatoms. The Morgan fingerprint density at radius 2 is 2.00 bits per heavy atom. The second kappa shape index (κ2) is 7.73. The Hall–Kier alpha value is -0.770. The number of piperazine rings is 1. The van der Waals surface area contributed by atoms with Crippen LogP contribution in [0.15, 0.2) is 24.3 Å². The molecule has 0 aliphatic carbocycles. The molecule has 1 saturated heterocycles. The molecule has 0 aromatic heterocycles. The molecule has 0 unspecified atom stereocenters. The van der Waals surface area contributed by atoms with Crippen molar-refractivity contribution in [3.05, 3.63) is 29.8 Å². The molecular formula is C15H25ClN2O. The van der Waals surface area contributed by atoms with Crippen LogP contribution >= 0.6 is 12.4 Å². The monoisotopic (exact) mass is 284 g/mol. The highest BCUT2D eigenvalue weighted by Crippen LogP contribution is 2.16. The van der Waals surface area contributed by atoms with E-state index in [-0.39, 0.29) is 18.5 Å². The van der Waals surface area contributed by atoms with Crippen molar-refractivity contribution < 1.29 is 4.74 Å². The Bertz CT molecular complexity index is 367. The summed E-state index contributed by atoms with van der Waals surface area (Å²) in [4.78, 5) is 2.52. The third-order valence-corrected chi connectivity index (χ3v) is 3.32. The number of hydrogen-bond donors (Lipinski definition) is 1. The number of nitrogens with zero attached hydrogens (tertiary/aromatic N) is 1. The molecule has 2 rings (SSSR count). The van der Waals surface area contributed by atoms with Gasteiger partial charge in [-0.25, -0.2) is 0 Å². The van der Waals surface area contributed by atoms with Crippen molar-refractivity contribution in [3.63, 3.8) is 0 Å². The Balaban J connectivity index is 0.00000180. The molecule has 0 amide bonds. The van der Waals surface area contributed by atoms with Crippen molar-refractivity contribution in [1.82, 2.24) is 10.2 Å². The molecule has 1 atom stereocenters. The van der Waals surface area contributed by atoms with Gasteiger partial charge in [0.1, 0.15) is 5.75 Å². The lowest BCUT2D eigenvalue weighted by Gasteiger charge is -2.33. The van der Waals surface area contributed by atoms with E-state index in [4.69, 9.17) is 4.74 Å². The molecule has 0 radical (unpaired) electrons. The van der Waals surface area contributed by atoms with Gasteiger partial charge in [0.15, 0.2) is 0 Å². The quantitative estimate of drug-likeness (QED) is 0.920. The fourth-order valence-corrected chi connectivity index (χ4v) is 2.30. The third-order valence-electron chi connectivity index (χ3n) is 3.32. The molecule has 1 N–H and O–H groups in total. The van der Waals surface area contributed by atoms with Crippen molar-refractivity contribution in [2.45, 2.75) is 39.5 Å². The van der Waals surface area contributed by atoms with E-state index in [1.165, 1.54) is 5.56 Å². The highest BCUT2D eigenvalue weighted by atomic mass is 35.5. The molecule has 1 aliphatic rings. The van der Waals surface area contributed by atoms with Gasteiger partial charge in [-0.15, -0.1) is 12.4 Å². The minimum absolute atomic E-state index is 0. The number of halogens is 1. The first kappa shape index (κ1) is 16.3. The molecule has 1 heterocycles. The second-order valence-corrected chi connectivity index (χ2v) is 5.33. The van der Waals surface area contributed by atoms with Crippen LogP contribution in [0.3, 0.4) is 0 Å². The van der Waals surface area contributed by atoms with Gasteiger partial charge in [-0.05, 0) is 38.5 Å². The van der Waals surface area contributed by atoms with Gasteiger partial charge in [-0.2, -0.15) is 0 Å². The zero-order chi connectivity index (χ0) is 13.0. The van der Waals surface area contributed by atoms with E-state index in [1.807, 2.05) is 0 Å². The normalized spacial score (nSPS) is 20.1. The van der Waals surface area contributed by atoms with Crippen LogP contribution in [0.25, 0.3) is 0 Å². The summed E-state index contributed by atoms with van der Waals surface area (Å²) in [5.74, 6) is 0.960. The highest BCUT2D eigenvalue weighted by Gasteiger charge is 2.17. The zero-order valence-corrected chi connectivity index (χ0v) is 12.9. The highest BCUT2D eigenvalue weighted by molar-refractivity contribution is 5.85. The minimum atomic E-state index is 0. The van der Waals surface area contributed by atoms with E-state index in [9.17, 15) is 0 Å². The van der Waals surface area contributed by atoms with Gasteiger partial charge in [-0.3, -0.25) is 4.90 Å². The van der Waals surface area contributed by atoms with Gasteiger partial charge in [0.05, 0.1) is 6.10 Å². The van der Waals surface area contributed by atoms with E-state index in [1.54, 1.807) is 0 Å². The predicted molar refractivity (Wildman–Crippen MR) is 82.2 cm³/mol. The maximum Gasteiger partial charge on any atom is 0.119 e. The summed E-state index contributed by atoms with van der Waals surface area (Å²) in [5, 5.41) is 3.42. The molecule has 0 bridgehead atoms. The molecule has 1 fully saturated rings. The zero-order valence-electron chi connectivity index (χ0n) is 12.1. The van der Waals surface area contributed by atoms with Gasteiger partial charge in [0, 0.05) is 32.2 Å². The Morgan fingerprint density at radius 3 is 2.58 bits per heavy atom. The van der Waals surface area contributed by atoms with E-state index in [0.717, 1.165) is 31.9 Å². The second-order valence-electron chi connectivity index (χ2n) is 5.33. The topological polar surface area (TPSA) is 24.5 Å². The van der Waals surface area contributed by atoms with Gasteiger partial charge in [-0.1, -0.05) is 12.1 Å². The molecule has 108 valence electrons. The Labute approximate surface area is 122 Å². The number of ether oxygens (including phenoxy) is 1. The molecular weight excluding hydrogens is 260 g/mol. The summed E-state index contributed by atoms with van der Waals surface area (Å²) >= 11 is 0. The van der Waals surface area contributed by atoms with Crippen LogP contribution in [0, 0.1) is 0 Å². The molecule has 0 spiro atoms. The molecule has 1 aromatic rings. The smallest absolute Gasteiger partial charge is 0.119 e. The standard InChI is InChI=1S/C15H24N2O.ClH/c1-12(2)18-15-6-4-14(5-7-15)11-17-9-8-16-10-13(17)3;/h4-7,12-13,16H,8-11H2,1-3H3;1H/t13-;/m1./s1. The summed E-state index contributed by atoms with van der Waals surface area (Å²) in [5.41, 5.74) is 1.36. The molecule has 0 saturated carbocycles. The minimum Gasteiger partial charge on any atom is -0.491 e. The van der Waals surface area contributed by atoms with Gasteiger partial charge >= 0.3 is 0 Å². The van der Waals surface area contributed by atoms with Crippen molar-refractivity contribution in [2.75, 3.05) is 19.6 Å². The van der Waals surface area contributed by atoms with Crippen LogP contribution in [-0.2, 0) is 6.54 Å². The first-order chi connectivity index (χ1) is 8.65. The van der Waals surface area contributed by atoms with Crippen LogP contribution in [0.4, 0.5) is 0 Å². The third kappa shape index (κ3) is 5.01.